The van der Waals surface area contributed by atoms with Crippen LogP contribution in [0.3, 0.4) is 0 Å². The number of benzene rings is 2. The maximum atomic E-state index is 11.8. The second-order valence-corrected chi connectivity index (χ2v) is 10.1. The van der Waals surface area contributed by atoms with Crippen molar-refractivity contribution in [3.8, 4) is 0 Å². The summed E-state index contributed by atoms with van der Waals surface area (Å²) in [6, 6.07) is 19.1. The van der Waals surface area contributed by atoms with E-state index in [2.05, 4.69) is 25.6 Å². The first-order chi connectivity index (χ1) is 10.1. The van der Waals surface area contributed by atoms with Crippen LogP contribution in [-0.4, -0.2) is 5.66 Å². The molecule has 0 saturated carbocycles. The fourth-order valence-corrected chi connectivity index (χ4v) is 4.30. The molecule has 0 spiro atoms. The molecule has 0 N–H and O–H groups in total. The molecule has 0 saturated heterocycles. The van der Waals surface area contributed by atoms with Crippen molar-refractivity contribution in [2.24, 2.45) is 0 Å². The van der Waals surface area contributed by atoms with Crippen LogP contribution >= 0.6 is 13.8 Å². The molecule has 5 heteroatoms. The average molecular weight is 414 g/mol. The minimum absolute atomic E-state index is 0.331. The van der Waals surface area contributed by atoms with Gasteiger partial charge < -0.3 is 4.57 Å². The molecule has 2 nitrogen and oxygen atoms in total. The van der Waals surface area contributed by atoms with E-state index >= 15 is 0 Å². The Labute approximate surface area is 138 Å². The first-order valence-electron chi connectivity index (χ1n) is 6.87. The Kier molecular flexibility index (Phi) is 9.14. The van der Waals surface area contributed by atoms with Gasteiger partial charge in [0.05, 0.1) is 0 Å². The van der Waals surface area contributed by atoms with Gasteiger partial charge in [0.1, 0.15) is 7.80 Å². The Morgan fingerprint density at radius 3 is 1.67 bits per heavy atom. The van der Waals surface area contributed by atoms with Crippen LogP contribution in [0.4, 0.5) is 0 Å². The fraction of sp³-hybridized carbons (Fsp3) is 0.250. The molecule has 2 aromatic carbocycles. The molecule has 0 radical (unpaired) electrons. The van der Waals surface area contributed by atoms with Gasteiger partial charge in [-0.05, 0) is 6.42 Å². The molecule has 21 heavy (non-hydrogen) atoms. The Bertz CT molecular complexity index is 573. The second kappa shape index (κ2) is 10.3. The molecule has 0 bridgehead atoms. The van der Waals surface area contributed by atoms with Crippen LogP contribution in [0.25, 0.3) is 0 Å². The summed E-state index contributed by atoms with van der Waals surface area (Å²) in [7, 11) is -1.55. The van der Waals surface area contributed by atoms with Crippen molar-refractivity contribution in [3.05, 3.63) is 60.7 Å². The number of rotatable bonds is 4. The summed E-state index contributed by atoms with van der Waals surface area (Å²) in [5, 5.41) is 1.90. The summed E-state index contributed by atoms with van der Waals surface area (Å²) in [6.07, 6.45) is 0.993. The molecular formula is C16H21O2P2Pd. The van der Waals surface area contributed by atoms with Crippen LogP contribution in [0.5, 0.6) is 0 Å². The summed E-state index contributed by atoms with van der Waals surface area (Å²) in [4.78, 5) is 0. The molecule has 0 amide bonds. The topological polar surface area (TPSA) is 34.1 Å². The van der Waals surface area contributed by atoms with Crippen LogP contribution in [0, 0.1) is 0 Å². The number of hydrogen-bond donors (Lipinski definition) is 0. The van der Waals surface area contributed by atoms with E-state index in [4.69, 9.17) is 0 Å². The molecular weight excluding hydrogens is 393 g/mol. The van der Waals surface area contributed by atoms with Gasteiger partial charge in [0.25, 0.3) is 0 Å². The van der Waals surface area contributed by atoms with Crippen molar-refractivity contribution in [2.45, 2.75) is 25.9 Å². The fourth-order valence-electron chi connectivity index (χ4n) is 1.63. The van der Waals surface area contributed by atoms with Gasteiger partial charge in [-0.2, -0.15) is 0 Å². The molecule has 0 aliphatic carbocycles. The van der Waals surface area contributed by atoms with Gasteiger partial charge in [0.15, 0.2) is 0 Å². The molecule has 117 valence electrons. The van der Waals surface area contributed by atoms with E-state index in [0.717, 1.165) is 17.0 Å². The van der Waals surface area contributed by atoms with E-state index in [1.54, 1.807) is 0 Å². The van der Waals surface area contributed by atoms with E-state index in [9.17, 15) is 9.13 Å². The molecule has 0 aromatic heterocycles. The molecule has 2 rings (SSSR count). The number of hydrogen-bond acceptors (Lipinski definition) is 2. The van der Waals surface area contributed by atoms with E-state index in [1.807, 2.05) is 67.6 Å². The predicted molar refractivity (Wildman–Crippen MR) is 89.9 cm³/mol. The monoisotopic (exact) mass is 413 g/mol. The van der Waals surface area contributed by atoms with Gasteiger partial charge in [-0.1, -0.05) is 44.2 Å². The third kappa shape index (κ3) is 6.90. The Morgan fingerprint density at radius 1 is 0.905 bits per heavy atom. The van der Waals surface area contributed by atoms with Crippen molar-refractivity contribution in [1.29, 1.82) is 0 Å². The van der Waals surface area contributed by atoms with E-state index in [0.29, 0.717) is 5.66 Å². The molecule has 3 atom stereocenters. The van der Waals surface area contributed by atoms with Crippen molar-refractivity contribution < 1.29 is 27.8 Å². The van der Waals surface area contributed by atoms with Crippen molar-refractivity contribution >= 4 is 24.4 Å². The summed E-state index contributed by atoms with van der Waals surface area (Å²) in [5.74, 6) is -1.61. The van der Waals surface area contributed by atoms with Gasteiger partial charge in [-0.15, -0.1) is 0 Å². The van der Waals surface area contributed by atoms with E-state index < -0.39 is 13.8 Å². The standard InChI is InChI=1S/C10H15OP.C6H5OP.Pd/c1-3-9(2)12(11)10-7-5-4-6-8-10;7-8-6-4-2-1-3-5-6;/h4-9,12H,3H2,1-2H3;1-5H;/q;;-1/p+1. The van der Waals surface area contributed by atoms with Crippen molar-refractivity contribution in [1.82, 2.24) is 0 Å². The van der Waals surface area contributed by atoms with Crippen molar-refractivity contribution in [2.75, 3.05) is 0 Å². The first-order valence-corrected chi connectivity index (χ1v) is 11.9. The zero-order valence-electron chi connectivity index (χ0n) is 12.2. The molecule has 0 fully saturated rings. The molecule has 0 aliphatic heterocycles. The summed E-state index contributed by atoms with van der Waals surface area (Å²) < 4.78 is 22.5. The maximum absolute atomic E-state index is 11.8. The molecule has 0 heterocycles. The average Bonchev–Trinajstić information content (AvgIpc) is 2.55. The van der Waals surface area contributed by atoms with Gasteiger partial charge in [-0.3, -0.25) is 0 Å². The molecule has 2 aromatic rings. The van der Waals surface area contributed by atoms with E-state index in [-0.39, 0.29) is 0 Å². The quantitative estimate of drug-likeness (QED) is 0.561. The SMILES string of the molecule is CCC(C)[PH](=O)c1ccccc1.O=[PH]([Pd])c1ccccc1. The van der Waals surface area contributed by atoms with Crippen LogP contribution in [0.1, 0.15) is 20.3 Å². The molecule has 0 aliphatic rings. The molecule has 3 unspecified atom stereocenters. The Morgan fingerprint density at radius 2 is 1.33 bits per heavy atom. The van der Waals surface area contributed by atoms with Gasteiger partial charge in [-0.25, -0.2) is 0 Å². The zero-order chi connectivity index (χ0) is 15.7. The Balaban J connectivity index is 0.000000219. The third-order valence-corrected chi connectivity index (χ3v) is 7.40. The normalized spacial score (nSPS) is 14.5. The van der Waals surface area contributed by atoms with Gasteiger partial charge >= 0.3 is 64.9 Å². The summed E-state index contributed by atoms with van der Waals surface area (Å²) in [5.41, 5.74) is 0.331. The van der Waals surface area contributed by atoms with Gasteiger partial charge in [0.2, 0.25) is 0 Å². The van der Waals surface area contributed by atoms with E-state index in [1.165, 1.54) is 0 Å². The van der Waals surface area contributed by atoms with Crippen LogP contribution < -0.4 is 10.6 Å². The van der Waals surface area contributed by atoms with Crippen LogP contribution in [0.15, 0.2) is 60.7 Å². The second-order valence-electron chi connectivity index (χ2n) is 4.65. The van der Waals surface area contributed by atoms with Crippen molar-refractivity contribution in [3.63, 3.8) is 0 Å². The predicted octanol–water partition coefficient (Wildman–Crippen LogP) is 4.00. The Hall–Kier alpha value is -0.438. The van der Waals surface area contributed by atoms with Crippen LogP contribution in [0.2, 0.25) is 0 Å². The zero-order valence-corrected chi connectivity index (χ0v) is 15.7. The third-order valence-electron chi connectivity index (χ3n) is 3.10. The first kappa shape index (κ1) is 18.6. The summed E-state index contributed by atoms with van der Waals surface area (Å²) in [6.45, 7) is 4.13. The van der Waals surface area contributed by atoms with Crippen LogP contribution in [-0.2, 0) is 27.8 Å². The summed E-state index contributed by atoms with van der Waals surface area (Å²) >= 11 is 2.77. The van der Waals surface area contributed by atoms with Gasteiger partial charge in [0, 0.05) is 11.0 Å². The minimum atomic E-state index is -1.61.